The number of aromatic nitrogens is 3. The summed E-state index contributed by atoms with van der Waals surface area (Å²) in [5.74, 6) is 1.45. The van der Waals surface area contributed by atoms with Crippen molar-refractivity contribution in [1.82, 2.24) is 14.8 Å². The smallest absolute Gasteiger partial charge is 0.237 e. The Kier molecular flexibility index (Phi) is 5.18. The van der Waals surface area contributed by atoms with Crippen LogP contribution in [0.25, 0.3) is 11.4 Å². The Bertz CT molecular complexity index is 945. The van der Waals surface area contributed by atoms with Gasteiger partial charge in [0.1, 0.15) is 5.76 Å². The highest BCUT2D eigenvalue weighted by Gasteiger charge is 2.21. The van der Waals surface area contributed by atoms with Crippen LogP contribution in [0.15, 0.2) is 40.1 Å². The number of aryl methyl sites for hydroxylation is 3. The lowest BCUT2D eigenvalue weighted by molar-refractivity contribution is -0.115. The van der Waals surface area contributed by atoms with E-state index in [-0.39, 0.29) is 11.2 Å². The van der Waals surface area contributed by atoms with Crippen LogP contribution in [0.3, 0.4) is 0 Å². The fourth-order valence-corrected chi connectivity index (χ4v) is 3.48. The van der Waals surface area contributed by atoms with Crippen LogP contribution in [0.2, 0.25) is 0 Å². The minimum atomic E-state index is -0.308. The molecule has 1 aromatic carbocycles. The fraction of sp³-hybridized carbons (Fsp3) is 0.316. The highest BCUT2D eigenvalue weighted by atomic mass is 32.2. The summed E-state index contributed by atoms with van der Waals surface area (Å²) in [4.78, 5) is 12.6. The van der Waals surface area contributed by atoms with E-state index >= 15 is 0 Å². The summed E-state index contributed by atoms with van der Waals surface area (Å²) < 4.78 is 7.21. The van der Waals surface area contributed by atoms with E-state index in [1.54, 1.807) is 6.26 Å². The van der Waals surface area contributed by atoms with Gasteiger partial charge in [-0.05, 0) is 45.4 Å². The van der Waals surface area contributed by atoms with Crippen molar-refractivity contribution in [3.05, 3.63) is 47.4 Å². The molecule has 1 N–H and O–H groups in total. The van der Waals surface area contributed by atoms with Gasteiger partial charge in [0.25, 0.3) is 0 Å². The van der Waals surface area contributed by atoms with Gasteiger partial charge in [-0.15, -0.1) is 10.2 Å². The van der Waals surface area contributed by atoms with E-state index in [1.807, 2.05) is 57.5 Å². The number of anilines is 1. The molecule has 0 bridgehead atoms. The third kappa shape index (κ3) is 3.67. The summed E-state index contributed by atoms with van der Waals surface area (Å²) in [6.45, 7) is 7.77. The van der Waals surface area contributed by atoms with Crippen LogP contribution in [0.1, 0.15) is 23.8 Å². The number of nitrogens with zero attached hydrogens (tertiary/aromatic N) is 3. The maximum Gasteiger partial charge on any atom is 0.237 e. The van der Waals surface area contributed by atoms with Crippen molar-refractivity contribution in [2.75, 3.05) is 5.32 Å². The van der Waals surface area contributed by atoms with Crippen LogP contribution < -0.4 is 5.32 Å². The number of furan rings is 1. The molecule has 1 unspecified atom stereocenters. The van der Waals surface area contributed by atoms with E-state index in [0.29, 0.717) is 5.16 Å². The molecule has 7 heteroatoms. The third-order valence-corrected chi connectivity index (χ3v) is 5.36. The highest BCUT2D eigenvalue weighted by Crippen LogP contribution is 2.28. The van der Waals surface area contributed by atoms with Crippen LogP contribution in [0, 0.1) is 20.8 Å². The summed E-state index contributed by atoms with van der Waals surface area (Å²) in [7, 11) is 1.89. The highest BCUT2D eigenvalue weighted by molar-refractivity contribution is 8.00. The first-order valence-corrected chi connectivity index (χ1v) is 9.23. The monoisotopic (exact) mass is 370 g/mol. The molecular formula is C19H22N4O2S. The Balaban J connectivity index is 1.72. The van der Waals surface area contributed by atoms with Gasteiger partial charge in [-0.3, -0.25) is 4.79 Å². The Morgan fingerprint density at radius 2 is 2.00 bits per heavy atom. The molecule has 0 saturated carbocycles. The molecule has 6 nitrogen and oxygen atoms in total. The lowest BCUT2D eigenvalue weighted by Crippen LogP contribution is -2.23. The molecule has 0 aliphatic heterocycles. The summed E-state index contributed by atoms with van der Waals surface area (Å²) in [6, 6.07) is 7.84. The lowest BCUT2D eigenvalue weighted by atomic mass is 10.1. The molecule has 1 atom stereocenters. The maximum absolute atomic E-state index is 12.6. The van der Waals surface area contributed by atoms with Crippen molar-refractivity contribution >= 4 is 23.4 Å². The van der Waals surface area contributed by atoms with E-state index in [2.05, 4.69) is 21.6 Å². The normalized spacial score (nSPS) is 12.2. The molecule has 26 heavy (non-hydrogen) atoms. The number of carbonyl (C=O) groups excluding carboxylic acids is 1. The zero-order chi connectivity index (χ0) is 18.8. The van der Waals surface area contributed by atoms with E-state index in [4.69, 9.17) is 4.42 Å². The summed E-state index contributed by atoms with van der Waals surface area (Å²) in [6.07, 6.45) is 1.63. The molecule has 0 saturated heterocycles. The predicted octanol–water partition coefficient (Wildman–Crippen LogP) is 4.12. The molecule has 2 heterocycles. The van der Waals surface area contributed by atoms with Crippen LogP contribution >= 0.6 is 11.8 Å². The number of hydrogen-bond acceptors (Lipinski definition) is 5. The quantitative estimate of drug-likeness (QED) is 0.684. The Hall–Kier alpha value is -2.54. The molecule has 136 valence electrons. The van der Waals surface area contributed by atoms with Crippen molar-refractivity contribution in [3.8, 4) is 11.4 Å². The largest absolute Gasteiger partial charge is 0.469 e. The van der Waals surface area contributed by atoms with Gasteiger partial charge in [0.05, 0.1) is 17.1 Å². The van der Waals surface area contributed by atoms with Gasteiger partial charge in [0.15, 0.2) is 11.0 Å². The SMILES string of the molecule is Cc1ccc(NC(=O)C(C)Sc2nnc(-c3ccoc3C)n2C)c(C)c1. The summed E-state index contributed by atoms with van der Waals surface area (Å²) in [5, 5.41) is 11.8. The van der Waals surface area contributed by atoms with Crippen molar-refractivity contribution in [2.45, 2.75) is 38.1 Å². The van der Waals surface area contributed by atoms with Gasteiger partial charge < -0.3 is 14.3 Å². The van der Waals surface area contributed by atoms with Crippen LogP contribution in [-0.4, -0.2) is 25.9 Å². The summed E-state index contributed by atoms with van der Waals surface area (Å²) in [5.41, 5.74) is 3.95. The topological polar surface area (TPSA) is 73.0 Å². The minimum Gasteiger partial charge on any atom is -0.469 e. The van der Waals surface area contributed by atoms with Gasteiger partial charge in [-0.2, -0.15) is 0 Å². The number of thioether (sulfide) groups is 1. The van der Waals surface area contributed by atoms with E-state index in [1.165, 1.54) is 17.3 Å². The minimum absolute atomic E-state index is 0.0639. The second-order valence-corrected chi connectivity index (χ2v) is 7.63. The van der Waals surface area contributed by atoms with Crippen LogP contribution in [-0.2, 0) is 11.8 Å². The zero-order valence-electron chi connectivity index (χ0n) is 15.5. The molecule has 0 spiro atoms. The molecule has 0 aliphatic carbocycles. The van der Waals surface area contributed by atoms with Crippen molar-refractivity contribution in [2.24, 2.45) is 7.05 Å². The molecule has 0 radical (unpaired) electrons. The maximum atomic E-state index is 12.6. The molecule has 3 aromatic rings. The predicted molar refractivity (Wildman–Crippen MR) is 103 cm³/mol. The molecular weight excluding hydrogens is 348 g/mol. The van der Waals surface area contributed by atoms with E-state index in [0.717, 1.165) is 28.4 Å². The molecule has 1 amide bonds. The fourth-order valence-electron chi connectivity index (χ4n) is 2.67. The third-order valence-electron chi connectivity index (χ3n) is 4.23. The Morgan fingerprint density at radius 1 is 1.23 bits per heavy atom. The first-order chi connectivity index (χ1) is 12.4. The van der Waals surface area contributed by atoms with Gasteiger partial charge in [0, 0.05) is 12.7 Å². The molecule has 0 fully saturated rings. The lowest BCUT2D eigenvalue weighted by Gasteiger charge is -2.13. The number of benzene rings is 1. The second-order valence-electron chi connectivity index (χ2n) is 6.32. The zero-order valence-corrected chi connectivity index (χ0v) is 16.3. The number of carbonyl (C=O) groups is 1. The number of hydrogen-bond donors (Lipinski definition) is 1. The van der Waals surface area contributed by atoms with Crippen molar-refractivity contribution < 1.29 is 9.21 Å². The average Bonchev–Trinajstić information content (AvgIpc) is 3.16. The van der Waals surface area contributed by atoms with Crippen LogP contribution in [0.4, 0.5) is 5.69 Å². The van der Waals surface area contributed by atoms with Gasteiger partial charge in [0.2, 0.25) is 5.91 Å². The molecule has 3 rings (SSSR count). The van der Waals surface area contributed by atoms with Crippen molar-refractivity contribution in [1.29, 1.82) is 0 Å². The van der Waals surface area contributed by atoms with Crippen LogP contribution in [0.5, 0.6) is 0 Å². The second kappa shape index (κ2) is 7.37. The van der Waals surface area contributed by atoms with E-state index < -0.39 is 0 Å². The number of nitrogens with one attached hydrogen (secondary N) is 1. The van der Waals surface area contributed by atoms with Gasteiger partial charge in [-0.1, -0.05) is 29.5 Å². The first-order valence-electron chi connectivity index (χ1n) is 8.35. The molecule has 0 aliphatic rings. The van der Waals surface area contributed by atoms with Gasteiger partial charge in [-0.25, -0.2) is 0 Å². The molecule has 2 aromatic heterocycles. The average molecular weight is 370 g/mol. The first kappa shape index (κ1) is 18.3. The Morgan fingerprint density at radius 3 is 2.65 bits per heavy atom. The van der Waals surface area contributed by atoms with Gasteiger partial charge >= 0.3 is 0 Å². The standard InChI is InChI=1S/C19H22N4O2S/c1-11-6-7-16(12(2)10-11)20-18(24)14(4)26-19-22-21-17(23(19)5)15-8-9-25-13(15)3/h6-10,14H,1-5H3,(H,20,24). The summed E-state index contributed by atoms with van der Waals surface area (Å²) >= 11 is 1.38. The Labute approximate surface area is 157 Å². The van der Waals surface area contributed by atoms with E-state index in [9.17, 15) is 4.79 Å². The van der Waals surface area contributed by atoms with Crippen molar-refractivity contribution in [3.63, 3.8) is 0 Å². The number of rotatable bonds is 5. The number of amides is 1.